The zero-order valence-electron chi connectivity index (χ0n) is 16.2. The van der Waals surface area contributed by atoms with Gasteiger partial charge >= 0.3 is 0 Å². The van der Waals surface area contributed by atoms with Crippen LogP contribution in [0, 0.1) is 0 Å². The summed E-state index contributed by atoms with van der Waals surface area (Å²) in [6.45, 7) is 9.89. The van der Waals surface area contributed by atoms with Crippen LogP contribution < -0.4 is 0 Å². The monoisotopic (exact) mass is 357 g/mol. The number of nitrogens with zero attached hydrogens (tertiary/aromatic N) is 5. The Morgan fingerprint density at radius 3 is 2.85 bits per heavy atom. The lowest BCUT2D eigenvalue weighted by atomic mass is 10.2. The van der Waals surface area contributed by atoms with Crippen LogP contribution in [0.5, 0.6) is 0 Å². The van der Waals surface area contributed by atoms with E-state index in [-0.39, 0.29) is 6.10 Å². The van der Waals surface area contributed by atoms with E-state index >= 15 is 0 Å². The van der Waals surface area contributed by atoms with Gasteiger partial charge in [-0.05, 0) is 32.9 Å². The summed E-state index contributed by atoms with van der Waals surface area (Å²) in [5.74, 6) is 1.01. The number of ether oxygens (including phenoxy) is 1. The highest BCUT2D eigenvalue weighted by Gasteiger charge is 2.21. The van der Waals surface area contributed by atoms with Gasteiger partial charge in [0.2, 0.25) is 0 Å². The summed E-state index contributed by atoms with van der Waals surface area (Å²) in [7, 11) is 2.13. The number of hydrogen-bond donors (Lipinski definition) is 0. The van der Waals surface area contributed by atoms with Crippen molar-refractivity contribution in [3.63, 3.8) is 0 Å². The standard InChI is InChI=1S/C20H31N5O/c1-17(2)25-16-21-22-20(25)15-23(3)13-19-14-24(10-7-11-26-19)12-18-8-5-4-6-9-18/h4-6,8-9,16-17,19H,7,10-15H2,1-3H3. The second-order valence-electron chi connectivity index (χ2n) is 7.51. The summed E-state index contributed by atoms with van der Waals surface area (Å²) in [5.41, 5.74) is 1.37. The first-order chi connectivity index (χ1) is 12.6. The van der Waals surface area contributed by atoms with Crippen LogP contribution in [0.3, 0.4) is 0 Å². The fraction of sp³-hybridized carbons (Fsp3) is 0.600. The third-order valence-corrected chi connectivity index (χ3v) is 4.81. The van der Waals surface area contributed by atoms with E-state index in [9.17, 15) is 0 Å². The molecule has 2 heterocycles. The molecule has 0 aliphatic carbocycles. The Balaban J connectivity index is 1.55. The molecule has 0 N–H and O–H groups in total. The predicted octanol–water partition coefficient (Wildman–Crippen LogP) is 2.58. The average molecular weight is 358 g/mol. The number of likely N-dealkylation sites (N-methyl/N-ethyl adjacent to an activating group) is 1. The number of hydrogen-bond acceptors (Lipinski definition) is 5. The van der Waals surface area contributed by atoms with Crippen molar-refractivity contribution >= 4 is 0 Å². The molecule has 0 bridgehead atoms. The van der Waals surface area contributed by atoms with Crippen LogP contribution in [0.25, 0.3) is 0 Å². The van der Waals surface area contributed by atoms with Gasteiger partial charge in [-0.1, -0.05) is 30.3 Å². The van der Waals surface area contributed by atoms with E-state index in [2.05, 4.69) is 75.8 Å². The van der Waals surface area contributed by atoms with Crippen LogP contribution in [-0.4, -0.2) is 64.0 Å². The molecule has 1 atom stereocenters. The molecule has 0 spiro atoms. The average Bonchev–Trinajstić information content (AvgIpc) is 2.96. The van der Waals surface area contributed by atoms with Crippen LogP contribution in [0.2, 0.25) is 0 Å². The highest BCUT2D eigenvalue weighted by molar-refractivity contribution is 5.14. The largest absolute Gasteiger partial charge is 0.376 e. The Kier molecular flexibility index (Phi) is 6.77. The van der Waals surface area contributed by atoms with E-state index in [0.717, 1.165) is 51.6 Å². The molecule has 0 saturated carbocycles. The number of aromatic nitrogens is 3. The lowest BCUT2D eigenvalue weighted by Crippen LogP contribution is -2.38. The van der Waals surface area contributed by atoms with Gasteiger partial charge in [0.1, 0.15) is 12.2 Å². The summed E-state index contributed by atoms with van der Waals surface area (Å²) in [6, 6.07) is 11.1. The van der Waals surface area contributed by atoms with Gasteiger partial charge in [0.05, 0.1) is 12.6 Å². The highest BCUT2D eigenvalue weighted by atomic mass is 16.5. The van der Waals surface area contributed by atoms with Crippen LogP contribution in [0.15, 0.2) is 36.7 Å². The Morgan fingerprint density at radius 1 is 1.27 bits per heavy atom. The first-order valence-corrected chi connectivity index (χ1v) is 9.56. The molecule has 0 amide bonds. The molecule has 1 fully saturated rings. The van der Waals surface area contributed by atoms with Crippen molar-refractivity contribution in [1.29, 1.82) is 0 Å². The van der Waals surface area contributed by atoms with E-state index in [1.165, 1.54) is 5.56 Å². The van der Waals surface area contributed by atoms with Crippen molar-refractivity contribution in [2.45, 2.75) is 45.5 Å². The van der Waals surface area contributed by atoms with Gasteiger partial charge in [-0.2, -0.15) is 0 Å². The van der Waals surface area contributed by atoms with Crippen LogP contribution in [0.4, 0.5) is 0 Å². The van der Waals surface area contributed by atoms with Gasteiger partial charge in [0.15, 0.2) is 0 Å². The van der Waals surface area contributed by atoms with E-state index < -0.39 is 0 Å². The van der Waals surface area contributed by atoms with Crippen molar-refractivity contribution in [2.24, 2.45) is 0 Å². The van der Waals surface area contributed by atoms with Gasteiger partial charge in [-0.25, -0.2) is 0 Å². The molecular formula is C20H31N5O. The molecule has 26 heavy (non-hydrogen) atoms. The van der Waals surface area contributed by atoms with Crippen LogP contribution >= 0.6 is 0 Å². The molecule has 1 aromatic heterocycles. The molecule has 2 aromatic rings. The minimum atomic E-state index is 0.224. The van der Waals surface area contributed by atoms with E-state index in [1.54, 1.807) is 0 Å². The SMILES string of the molecule is CC(C)n1cnnc1CN(C)CC1CN(Cc2ccccc2)CCCO1. The molecule has 1 aromatic carbocycles. The lowest BCUT2D eigenvalue weighted by molar-refractivity contribution is 0.0291. The molecule has 1 saturated heterocycles. The second-order valence-corrected chi connectivity index (χ2v) is 7.51. The quantitative estimate of drug-likeness (QED) is 0.762. The maximum atomic E-state index is 6.11. The van der Waals surface area contributed by atoms with Gasteiger partial charge in [-0.15, -0.1) is 10.2 Å². The zero-order valence-corrected chi connectivity index (χ0v) is 16.2. The van der Waals surface area contributed by atoms with Gasteiger partial charge in [0.25, 0.3) is 0 Å². The summed E-state index contributed by atoms with van der Waals surface area (Å²) in [6.07, 6.45) is 3.13. The lowest BCUT2D eigenvalue weighted by Gasteiger charge is -2.27. The molecule has 1 aliphatic rings. The number of rotatable bonds is 7. The van der Waals surface area contributed by atoms with Gasteiger partial charge in [-0.3, -0.25) is 9.80 Å². The van der Waals surface area contributed by atoms with Crippen LogP contribution in [-0.2, 0) is 17.8 Å². The Morgan fingerprint density at radius 2 is 2.08 bits per heavy atom. The first-order valence-electron chi connectivity index (χ1n) is 9.56. The topological polar surface area (TPSA) is 46.4 Å². The molecule has 142 valence electrons. The molecular weight excluding hydrogens is 326 g/mol. The van der Waals surface area contributed by atoms with Crippen molar-refractivity contribution in [1.82, 2.24) is 24.6 Å². The van der Waals surface area contributed by atoms with E-state index in [0.29, 0.717) is 6.04 Å². The maximum absolute atomic E-state index is 6.11. The third-order valence-electron chi connectivity index (χ3n) is 4.81. The summed E-state index contributed by atoms with van der Waals surface area (Å²) in [4.78, 5) is 4.80. The summed E-state index contributed by atoms with van der Waals surface area (Å²) < 4.78 is 8.24. The fourth-order valence-electron chi connectivity index (χ4n) is 3.53. The smallest absolute Gasteiger partial charge is 0.147 e. The molecule has 6 heteroatoms. The van der Waals surface area contributed by atoms with Crippen molar-refractivity contribution < 1.29 is 4.74 Å². The minimum absolute atomic E-state index is 0.224. The van der Waals surface area contributed by atoms with E-state index in [1.807, 2.05) is 6.33 Å². The van der Waals surface area contributed by atoms with Crippen molar-refractivity contribution in [2.75, 3.05) is 33.3 Å². The zero-order chi connectivity index (χ0) is 18.4. The minimum Gasteiger partial charge on any atom is -0.376 e. The summed E-state index contributed by atoms with van der Waals surface area (Å²) >= 11 is 0. The third kappa shape index (κ3) is 5.37. The molecule has 1 unspecified atom stereocenters. The molecule has 3 rings (SSSR count). The Hall–Kier alpha value is -1.76. The van der Waals surface area contributed by atoms with Crippen molar-refractivity contribution in [3.05, 3.63) is 48.0 Å². The highest BCUT2D eigenvalue weighted by Crippen LogP contribution is 2.13. The Bertz CT molecular complexity index is 657. The molecule has 0 radical (unpaired) electrons. The first kappa shape index (κ1) is 19.0. The molecule has 6 nitrogen and oxygen atoms in total. The van der Waals surface area contributed by atoms with Crippen LogP contribution in [0.1, 0.15) is 37.7 Å². The van der Waals surface area contributed by atoms with Gasteiger partial charge < -0.3 is 9.30 Å². The fourth-order valence-corrected chi connectivity index (χ4v) is 3.53. The maximum Gasteiger partial charge on any atom is 0.147 e. The Labute approximate surface area is 156 Å². The normalized spacial score (nSPS) is 19.2. The van der Waals surface area contributed by atoms with E-state index in [4.69, 9.17) is 4.74 Å². The predicted molar refractivity (Wildman–Crippen MR) is 103 cm³/mol. The summed E-state index contributed by atoms with van der Waals surface area (Å²) in [5, 5.41) is 8.34. The number of benzene rings is 1. The van der Waals surface area contributed by atoms with Gasteiger partial charge in [0, 0.05) is 38.8 Å². The molecule has 1 aliphatic heterocycles. The van der Waals surface area contributed by atoms with Crippen molar-refractivity contribution in [3.8, 4) is 0 Å². The second kappa shape index (κ2) is 9.26.